The summed E-state index contributed by atoms with van der Waals surface area (Å²) in [5, 5.41) is 7.33. The van der Waals surface area contributed by atoms with Gasteiger partial charge in [0.05, 0.1) is 19.5 Å². The van der Waals surface area contributed by atoms with E-state index >= 15 is 0 Å². The molecular formula is C19H16ClFN4O2. The van der Waals surface area contributed by atoms with Gasteiger partial charge in [0, 0.05) is 11.6 Å². The van der Waals surface area contributed by atoms with Crippen LogP contribution in [0.2, 0.25) is 5.02 Å². The van der Waals surface area contributed by atoms with Crippen molar-refractivity contribution in [2.45, 2.75) is 6.54 Å². The Kier molecular flexibility index (Phi) is 6.17. The zero-order chi connectivity index (χ0) is 19.1. The van der Waals surface area contributed by atoms with Crippen LogP contribution >= 0.6 is 11.6 Å². The number of rotatable bonds is 7. The number of methoxy groups -OCH3 is 1. The molecule has 1 aromatic heterocycles. The molecule has 6 nitrogen and oxygen atoms in total. The second-order valence-electron chi connectivity index (χ2n) is 5.43. The summed E-state index contributed by atoms with van der Waals surface area (Å²) in [7, 11) is 1.60. The van der Waals surface area contributed by atoms with Crippen molar-refractivity contribution >= 4 is 23.6 Å². The summed E-state index contributed by atoms with van der Waals surface area (Å²) in [6.07, 6.45) is 2.50. The minimum absolute atomic E-state index is 0.0255. The largest absolute Gasteiger partial charge is 0.497 e. The second-order valence-corrected chi connectivity index (χ2v) is 5.86. The molecule has 3 rings (SSSR count). The zero-order valence-electron chi connectivity index (χ0n) is 14.4. The maximum Gasteiger partial charge on any atom is 0.347 e. The lowest BCUT2D eigenvalue weighted by atomic mass is 10.2. The molecule has 0 saturated heterocycles. The van der Waals surface area contributed by atoms with Crippen LogP contribution in [0.15, 0.2) is 59.9 Å². The highest BCUT2D eigenvalue weighted by Crippen LogP contribution is 2.16. The lowest BCUT2D eigenvalue weighted by Crippen LogP contribution is -2.05. The van der Waals surface area contributed by atoms with Gasteiger partial charge in [-0.15, -0.1) is 0 Å². The molecule has 1 N–H and O–H groups in total. The van der Waals surface area contributed by atoms with Crippen LogP contribution in [0.5, 0.6) is 11.8 Å². The number of nitrogens with one attached hydrogen (secondary N) is 1. The van der Waals surface area contributed by atoms with Crippen molar-refractivity contribution in [2.75, 3.05) is 12.4 Å². The van der Waals surface area contributed by atoms with Crippen LogP contribution in [0.1, 0.15) is 11.1 Å². The van der Waals surface area contributed by atoms with Crippen LogP contribution in [0.3, 0.4) is 0 Å². The predicted octanol–water partition coefficient (Wildman–Crippen LogP) is 4.30. The fraction of sp³-hybridized carbons (Fsp3) is 0.105. The molecule has 0 amide bonds. The summed E-state index contributed by atoms with van der Waals surface area (Å²) >= 11 is 5.82. The third kappa shape index (κ3) is 5.39. The van der Waals surface area contributed by atoms with Gasteiger partial charge in [-0.1, -0.05) is 41.0 Å². The van der Waals surface area contributed by atoms with E-state index in [2.05, 4.69) is 20.4 Å². The van der Waals surface area contributed by atoms with Crippen LogP contribution in [-0.4, -0.2) is 23.3 Å². The van der Waals surface area contributed by atoms with E-state index in [1.54, 1.807) is 31.4 Å². The molecule has 0 aliphatic rings. The van der Waals surface area contributed by atoms with Gasteiger partial charge in [0.2, 0.25) is 0 Å². The summed E-state index contributed by atoms with van der Waals surface area (Å²) in [4.78, 5) is 12.9. The average molecular weight is 387 g/mol. The molecule has 0 fully saturated rings. The first-order valence-corrected chi connectivity index (χ1v) is 8.37. The third-order valence-corrected chi connectivity index (χ3v) is 3.80. The zero-order valence-corrected chi connectivity index (χ0v) is 15.2. The number of oxime groups is 1. The fourth-order valence-corrected chi connectivity index (χ4v) is 2.26. The Balaban J connectivity index is 1.61. The lowest BCUT2D eigenvalue weighted by molar-refractivity contribution is 0.314. The van der Waals surface area contributed by atoms with Crippen molar-refractivity contribution in [1.82, 2.24) is 9.97 Å². The van der Waals surface area contributed by atoms with E-state index in [4.69, 9.17) is 21.2 Å². The molecule has 0 atom stereocenters. The van der Waals surface area contributed by atoms with Gasteiger partial charge in [-0.2, -0.15) is 9.97 Å². The normalized spacial score (nSPS) is 10.8. The number of halogens is 2. The quantitative estimate of drug-likeness (QED) is 0.484. The Morgan fingerprint density at radius 2 is 1.89 bits per heavy atom. The Labute approximate surface area is 160 Å². The Morgan fingerprint density at radius 1 is 1.15 bits per heavy atom. The first-order chi connectivity index (χ1) is 13.1. The Hall–Kier alpha value is -3.19. The molecule has 1 heterocycles. The predicted molar refractivity (Wildman–Crippen MR) is 102 cm³/mol. The van der Waals surface area contributed by atoms with E-state index in [1.165, 1.54) is 6.21 Å². The number of nitrogens with zero attached hydrogens (tertiary/aromatic N) is 3. The summed E-state index contributed by atoms with van der Waals surface area (Å²) in [6.45, 7) is 0.380. The summed E-state index contributed by atoms with van der Waals surface area (Å²) < 4.78 is 19.0. The van der Waals surface area contributed by atoms with E-state index in [1.807, 2.05) is 24.3 Å². The standard InChI is InChI=1S/C19H16ClFN4O2/c1-26-16-8-4-13(5-9-16)10-22-18-17(21)12-23-19(25-18)27-24-11-14-2-6-15(20)7-3-14/h2-9,11-12H,10H2,1H3,(H,22,23,25). The smallest absolute Gasteiger partial charge is 0.347 e. The van der Waals surface area contributed by atoms with E-state index in [0.717, 1.165) is 23.1 Å². The fourth-order valence-electron chi connectivity index (χ4n) is 2.13. The number of aromatic nitrogens is 2. The first kappa shape index (κ1) is 18.6. The SMILES string of the molecule is COc1ccc(CNc2nc(ON=Cc3ccc(Cl)cc3)ncc2F)cc1. The lowest BCUT2D eigenvalue weighted by Gasteiger charge is -2.08. The number of benzene rings is 2. The van der Waals surface area contributed by atoms with Crippen LogP contribution in [0, 0.1) is 5.82 Å². The molecule has 8 heteroatoms. The third-order valence-electron chi connectivity index (χ3n) is 3.55. The van der Waals surface area contributed by atoms with E-state index in [0.29, 0.717) is 11.6 Å². The van der Waals surface area contributed by atoms with E-state index < -0.39 is 5.82 Å². The van der Waals surface area contributed by atoms with Crippen LogP contribution in [-0.2, 0) is 6.54 Å². The van der Waals surface area contributed by atoms with Crippen LogP contribution in [0.4, 0.5) is 10.2 Å². The molecule has 138 valence electrons. The number of ether oxygens (including phenoxy) is 1. The van der Waals surface area contributed by atoms with Crippen LogP contribution < -0.4 is 14.9 Å². The molecule has 2 aromatic carbocycles. The first-order valence-electron chi connectivity index (χ1n) is 7.99. The van der Waals surface area contributed by atoms with Gasteiger partial charge in [0.1, 0.15) is 5.75 Å². The molecule has 27 heavy (non-hydrogen) atoms. The Bertz CT molecular complexity index is 918. The highest BCUT2D eigenvalue weighted by Gasteiger charge is 2.08. The summed E-state index contributed by atoms with van der Waals surface area (Å²) in [5.41, 5.74) is 1.73. The monoisotopic (exact) mass is 386 g/mol. The van der Waals surface area contributed by atoms with Crippen molar-refractivity contribution in [1.29, 1.82) is 0 Å². The van der Waals surface area contributed by atoms with Gasteiger partial charge in [-0.25, -0.2) is 4.39 Å². The maximum atomic E-state index is 13.9. The van der Waals surface area contributed by atoms with Crippen molar-refractivity contribution < 1.29 is 14.0 Å². The van der Waals surface area contributed by atoms with Crippen molar-refractivity contribution in [2.24, 2.45) is 5.16 Å². The van der Waals surface area contributed by atoms with Gasteiger partial charge in [0.25, 0.3) is 0 Å². The molecule has 0 aliphatic heterocycles. The molecule has 0 radical (unpaired) electrons. The highest BCUT2D eigenvalue weighted by atomic mass is 35.5. The number of hydrogen-bond acceptors (Lipinski definition) is 6. The van der Waals surface area contributed by atoms with Crippen LogP contribution in [0.25, 0.3) is 0 Å². The number of hydrogen-bond donors (Lipinski definition) is 1. The average Bonchev–Trinajstić information content (AvgIpc) is 2.70. The Morgan fingerprint density at radius 3 is 2.59 bits per heavy atom. The van der Waals surface area contributed by atoms with Gasteiger partial charge in [0.15, 0.2) is 11.6 Å². The van der Waals surface area contributed by atoms with E-state index in [-0.39, 0.29) is 11.8 Å². The molecular weight excluding hydrogens is 371 g/mol. The molecule has 0 bridgehead atoms. The minimum atomic E-state index is -0.586. The van der Waals surface area contributed by atoms with Gasteiger partial charge >= 0.3 is 6.01 Å². The van der Waals surface area contributed by atoms with Gasteiger partial charge in [-0.05, 0) is 35.4 Å². The van der Waals surface area contributed by atoms with Crippen molar-refractivity contribution in [3.63, 3.8) is 0 Å². The summed E-state index contributed by atoms with van der Waals surface area (Å²) in [5.74, 6) is 0.191. The molecule has 0 unspecified atom stereocenters. The molecule has 0 aliphatic carbocycles. The van der Waals surface area contributed by atoms with Gasteiger partial charge in [-0.3, -0.25) is 0 Å². The maximum absolute atomic E-state index is 13.9. The number of anilines is 1. The van der Waals surface area contributed by atoms with Crippen molar-refractivity contribution in [3.05, 3.63) is 76.7 Å². The second kappa shape index (κ2) is 8.95. The van der Waals surface area contributed by atoms with Gasteiger partial charge < -0.3 is 14.9 Å². The molecule has 0 saturated carbocycles. The van der Waals surface area contributed by atoms with E-state index in [9.17, 15) is 4.39 Å². The highest BCUT2D eigenvalue weighted by molar-refractivity contribution is 6.30. The molecule has 0 spiro atoms. The topological polar surface area (TPSA) is 68.6 Å². The minimum Gasteiger partial charge on any atom is -0.497 e. The van der Waals surface area contributed by atoms with Crippen molar-refractivity contribution in [3.8, 4) is 11.8 Å². The summed E-state index contributed by atoms with van der Waals surface area (Å²) in [6, 6.07) is 14.4. The molecule has 3 aromatic rings.